The van der Waals surface area contributed by atoms with Crippen molar-refractivity contribution in [3.05, 3.63) is 46.7 Å². The number of fused-ring (bicyclic) bond motifs is 1. The summed E-state index contributed by atoms with van der Waals surface area (Å²) < 4.78 is 2.47. The van der Waals surface area contributed by atoms with Crippen molar-refractivity contribution >= 4 is 50.2 Å². The highest BCUT2D eigenvalue weighted by Gasteiger charge is 2.26. The minimum atomic E-state index is -0.962. The summed E-state index contributed by atoms with van der Waals surface area (Å²) in [6, 6.07) is 12.6. The third-order valence-electron chi connectivity index (χ3n) is 5.10. The van der Waals surface area contributed by atoms with Crippen molar-refractivity contribution in [3.8, 4) is 5.69 Å². The lowest BCUT2D eigenvalue weighted by Crippen LogP contribution is -2.16. The Morgan fingerprint density at radius 3 is 2.62 bits per heavy atom. The van der Waals surface area contributed by atoms with E-state index in [-0.39, 0.29) is 18.0 Å². The molecule has 1 N–H and O–H groups in total. The maximum atomic E-state index is 12.2. The van der Waals surface area contributed by atoms with Gasteiger partial charge in [0, 0.05) is 11.8 Å². The van der Waals surface area contributed by atoms with Gasteiger partial charge in [-0.1, -0.05) is 49.0 Å². The van der Waals surface area contributed by atoms with Crippen LogP contribution in [0.4, 0.5) is 0 Å². The maximum absolute atomic E-state index is 12.2. The van der Waals surface area contributed by atoms with E-state index < -0.39 is 11.9 Å². The average molecular weight is 474 g/mol. The van der Waals surface area contributed by atoms with Crippen LogP contribution < -0.4 is 0 Å². The Hall–Kier alpha value is -2.19. The van der Waals surface area contributed by atoms with E-state index in [0.29, 0.717) is 15.8 Å². The van der Waals surface area contributed by atoms with Crippen molar-refractivity contribution in [2.24, 2.45) is 5.92 Å². The van der Waals surface area contributed by atoms with Crippen LogP contribution in [0, 0.1) is 5.92 Å². The van der Waals surface area contributed by atoms with Gasteiger partial charge in [-0.15, -0.1) is 10.2 Å². The van der Waals surface area contributed by atoms with Crippen LogP contribution in [0.25, 0.3) is 16.5 Å². The van der Waals surface area contributed by atoms with Crippen LogP contribution in [0.1, 0.15) is 37.7 Å². The maximum Gasteiger partial charge on any atom is 0.306 e. The minimum Gasteiger partial charge on any atom is -0.481 e. The molecule has 3 aromatic rings. The standard InChI is InChI=1S/C21H20BrN3O3S/c1-12(19(27)28)10-14(26)11-29-21-24-23-20(22)25(21)18-9-8-15(13-6-7-13)16-4-2-3-5-17(16)18/h2-5,8-9,12-13H,6-7,10-11H2,1H3,(H,27,28). The Kier molecular flexibility index (Phi) is 5.74. The Bertz CT molecular complexity index is 1090. The van der Waals surface area contributed by atoms with Crippen molar-refractivity contribution in [3.63, 3.8) is 0 Å². The molecule has 0 bridgehead atoms. The lowest BCUT2D eigenvalue weighted by atomic mass is 9.99. The van der Waals surface area contributed by atoms with Gasteiger partial charge in [0.05, 0.1) is 17.4 Å². The number of aliphatic carboxylic acids is 1. The van der Waals surface area contributed by atoms with E-state index in [1.165, 1.54) is 42.5 Å². The summed E-state index contributed by atoms with van der Waals surface area (Å²) in [7, 11) is 0. The topological polar surface area (TPSA) is 85.1 Å². The summed E-state index contributed by atoms with van der Waals surface area (Å²) in [5.74, 6) is -0.977. The number of thioether (sulfide) groups is 1. The molecule has 6 nitrogen and oxygen atoms in total. The van der Waals surface area contributed by atoms with Crippen LogP contribution in [0.2, 0.25) is 0 Å². The van der Waals surface area contributed by atoms with Gasteiger partial charge < -0.3 is 5.11 Å². The van der Waals surface area contributed by atoms with Gasteiger partial charge in [0.25, 0.3) is 0 Å². The zero-order valence-electron chi connectivity index (χ0n) is 15.8. The second kappa shape index (κ2) is 8.28. The van der Waals surface area contributed by atoms with Crippen molar-refractivity contribution in [1.29, 1.82) is 0 Å². The third kappa shape index (κ3) is 4.23. The van der Waals surface area contributed by atoms with Crippen molar-refractivity contribution in [2.45, 2.75) is 37.3 Å². The lowest BCUT2D eigenvalue weighted by Gasteiger charge is -2.14. The van der Waals surface area contributed by atoms with Crippen LogP contribution in [0.3, 0.4) is 0 Å². The average Bonchev–Trinajstić information content (AvgIpc) is 3.48. The van der Waals surface area contributed by atoms with Gasteiger partial charge in [0.2, 0.25) is 4.73 Å². The Labute approximate surface area is 180 Å². The first-order valence-electron chi connectivity index (χ1n) is 9.46. The quantitative estimate of drug-likeness (QED) is 0.471. The van der Waals surface area contributed by atoms with E-state index in [1.54, 1.807) is 0 Å². The number of Topliss-reactive ketones (excluding diaryl/α,β-unsaturated/α-hetero) is 1. The Balaban J connectivity index is 1.64. The molecule has 1 aromatic heterocycles. The van der Waals surface area contributed by atoms with E-state index in [4.69, 9.17) is 5.11 Å². The van der Waals surface area contributed by atoms with Gasteiger partial charge in [-0.25, -0.2) is 0 Å². The molecule has 0 amide bonds. The van der Waals surface area contributed by atoms with Crippen LogP contribution in [-0.2, 0) is 9.59 Å². The molecule has 1 heterocycles. The number of halogens is 1. The van der Waals surface area contributed by atoms with Crippen LogP contribution in [-0.4, -0.2) is 37.4 Å². The molecule has 1 saturated carbocycles. The van der Waals surface area contributed by atoms with Crippen LogP contribution >= 0.6 is 27.7 Å². The molecule has 29 heavy (non-hydrogen) atoms. The van der Waals surface area contributed by atoms with Gasteiger partial charge in [-0.05, 0) is 51.7 Å². The number of benzene rings is 2. The number of hydrogen-bond donors (Lipinski definition) is 1. The predicted molar refractivity (Wildman–Crippen MR) is 116 cm³/mol. The third-order valence-corrected chi connectivity index (χ3v) is 6.61. The molecule has 8 heteroatoms. The second-order valence-electron chi connectivity index (χ2n) is 7.35. The molecule has 1 unspecified atom stereocenters. The first-order chi connectivity index (χ1) is 14.0. The highest BCUT2D eigenvalue weighted by molar-refractivity contribution is 9.10. The summed E-state index contributed by atoms with van der Waals surface area (Å²) in [6.07, 6.45) is 2.48. The highest BCUT2D eigenvalue weighted by atomic mass is 79.9. The monoisotopic (exact) mass is 473 g/mol. The first-order valence-corrected chi connectivity index (χ1v) is 11.2. The molecular formula is C21H20BrN3O3S. The number of carbonyl (C=O) groups is 2. The van der Waals surface area contributed by atoms with Gasteiger partial charge in [0.1, 0.15) is 5.78 Å². The molecule has 0 spiro atoms. The Morgan fingerprint density at radius 1 is 1.21 bits per heavy atom. The first kappa shape index (κ1) is 20.1. The summed E-state index contributed by atoms with van der Waals surface area (Å²) >= 11 is 4.75. The lowest BCUT2D eigenvalue weighted by molar-refractivity contribution is -0.142. The number of hydrogen-bond acceptors (Lipinski definition) is 5. The second-order valence-corrected chi connectivity index (χ2v) is 9.00. The predicted octanol–water partition coefficient (Wildman–Crippen LogP) is 4.83. The molecular weight excluding hydrogens is 454 g/mol. The molecule has 0 radical (unpaired) electrons. The fourth-order valence-corrected chi connectivity index (χ4v) is 4.81. The number of rotatable bonds is 8. The van der Waals surface area contributed by atoms with Gasteiger partial charge >= 0.3 is 5.97 Å². The summed E-state index contributed by atoms with van der Waals surface area (Å²) in [4.78, 5) is 23.1. The molecule has 1 fully saturated rings. The van der Waals surface area contributed by atoms with Gasteiger partial charge in [-0.3, -0.25) is 14.2 Å². The zero-order valence-corrected chi connectivity index (χ0v) is 18.2. The van der Waals surface area contributed by atoms with Crippen molar-refractivity contribution < 1.29 is 14.7 Å². The molecule has 1 atom stereocenters. The molecule has 150 valence electrons. The molecule has 1 aliphatic carbocycles. The van der Waals surface area contributed by atoms with Crippen LogP contribution in [0.15, 0.2) is 46.3 Å². The van der Waals surface area contributed by atoms with Gasteiger partial charge in [0.15, 0.2) is 5.16 Å². The van der Waals surface area contributed by atoms with Crippen molar-refractivity contribution in [1.82, 2.24) is 14.8 Å². The van der Waals surface area contributed by atoms with Gasteiger partial charge in [-0.2, -0.15) is 0 Å². The number of carbonyl (C=O) groups excluding carboxylic acids is 1. The molecule has 2 aromatic carbocycles. The SMILES string of the molecule is CC(CC(=O)CSc1nnc(Br)n1-c1ccc(C2CC2)c2ccccc12)C(=O)O. The zero-order chi connectivity index (χ0) is 20.5. The largest absolute Gasteiger partial charge is 0.481 e. The van der Waals surface area contributed by atoms with E-state index in [1.807, 2.05) is 10.6 Å². The van der Waals surface area contributed by atoms with E-state index in [0.717, 1.165) is 11.1 Å². The van der Waals surface area contributed by atoms with E-state index in [9.17, 15) is 9.59 Å². The highest BCUT2D eigenvalue weighted by Crippen LogP contribution is 2.44. The number of nitrogens with zero attached hydrogens (tertiary/aromatic N) is 3. The molecule has 0 saturated heterocycles. The normalized spacial score (nSPS) is 14.8. The number of carboxylic acids is 1. The van der Waals surface area contributed by atoms with Crippen LogP contribution in [0.5, 0.6) is 0 Å². The summed E-state index contributed by atoms with van der Waals surface area (Å²) in [5, 5.41) is 20.3. The molecule has 4 rings (SSSR count). The number of ketones is 1. The van der Waals surface area contributed by atoms with E-state index >= 15 is 0 Å². The number of carboxylic acid groups (broad SMARTS) is 1. The summed E-state index contributed by atoms with van der Waals surface area (Å²) in [6.45, 7) is 1.54. The fourth-order valence-electron chi connectivity index (χ4n) is 3.43. The van der Waals surface area contributed by atoms with Crippen molar-refractivity contribution in [2.75, 3.05) is 5.75 Å². The summed E-state index contributed by atoms with van der Waals surface area (Å²) in [5.41, 5.74) is 2.33. The molecule has 1 aliphatic rings. The van der Waals surface area contributed by atoms with E-state index in [2.05, 4.69) is 56.5 Å². The minimum absolute atomic E-state index is 0.0106. The smallest absolute Gasteiger partial charge is 0.306 e. The Morgan fingerprint density at radius 2 is 1.93 bits per heavy atom. The fraction of sp³-hybridized carbons (Fsp3) is 0.333. The molecule has 0 aliphatic heterocycles. The number of aromatic nitrogens is 3.